The Balaban J connectivity index is 1.47. The number of benzene rings is 5. The highest BCUT2D eigenvalue weighted by Gasteiger charge is 2.19. The summed E-state index contributed by atoms with van der Waals surface area (Å²) in [6.45, 7) is 0.191. The molecule has 5 aromatic carbocycles. The number of anilines is 2. The van der Waals surface area contributed by atoms with E-state index in [1.807, 2.05) is 97.1 Å². The second kappa shape index (κ2) is 9.35. The number of hydrazine groups is 1. The second-order valence-electron chi connectivity index (χ2n) is 7.73. The Labute approximate surface area is 200 Å². The Morgan fingerprint density at radius 2 is 1.42 bits per heavy atom. The molecule has 0 unspecified atom stereocenters. The molecule has 0 atom stereocenters. The monoisotopic (exact) mass is 496 g/mol. The van der Waals surface area contributed by atoms with Gasteiger partial charge in [-0.05, 0) is 63.5 Å². The lowest BCUT2D eigenvalue weighted by Crippen LogP contribution is -2.36. The van der Waals surface area contributed by atoms with Gasteiger partial charge >= 0.3 is 6.09 Å². The smallest absolute Gasteiger partial charge is 0.433 e. The van der Waals surface area contributed by atoms with E-state index in [1.54, 1.807) is 0 Å². The molecule has 5 aromatic rings. The minimum Gasteiger partial charge on any atom is -0.443 e. The Morgan fingerprint density at radius 3 is 2.27 bits per heavy atom. The van der Waals surface area contributed by atoms with Gasteiger partial charge in [0.05, 0.1) is 11.4 Å². The predicted molar refractivity (Wildman–Crippen MR) is 138 cm³/mol. The molecule has 5 rings (SSSR count). The fraction of sp³-hybridized carbons (Fsp3) is 0.0357. The zero-order valence-electron chi connectivity index (χ0n) is 17.7. The van der Waals surface area contributed by atoms with Crippen molar-refractivity contribution in [1.29, 1.82) is 0 Å². The summed E-state index contributed by atoms with van der Waals surface area (Å²) in [6.07, 6.45) is -0.483. The van der Waals surface area contributed by atoms with Gasteiger partial charge in [0.2, 0.25) is 0 Å². The van der Waals surface area contributed by atoms with Crippen LogP contribution in [0.3, 0.4) is 0 Å². The van der Waals surface area contributed by atoms with E-state index < -0.39 is 6.09 Å². The molecule has 0 aromatic heterocycles. The average molecular weight is 497 g/mol. The van der Waals surface area contributed by atoms with Crippen molar-refractivity contribution in [2.75, 3.05) is 10.4 Å². The Morgan fingerprint density at radius 1 is 0.727 bits per heavy atom. The summed E-state index contributed by atoms with van der Waals surface area (Å²) in [4.78, 5) is 13.2. The van der Waals surface area contributed by atoms with Gasteiger partial charge in [0.1, 0.15) is 6.61 Å². The lowest BCUT2D eigenvalue weighted by Gasteiger charge is -2.24. The van der Waals surface area contributed by atoms with Gasteiger partial charge in [-0.3, -0.25) is 5.43 Å². The molecule has 5 heteroatoms. The van der Waals surface area contributed by atoms with Crippen LogP contribution in [-0.4, -0.2) is 6.09 Å². The van der Waals surface area contributed by atoms with E-state index in [2.05, 4.69) is 33.5 Å². The Kier molecular flexibility index (Phi) is 5.96. The van der Waals surface area contributed by atoms with Crippen LogP contribution in [0.15, 0.2) is 114 Å². The number of carbonyl (C=O) groups excluding carboxylic acids is 1. The van der Waals surface area contributed by atoms with Crippen molar-refractivity contribution >= 4 is 54.9 Å². The predicted octanol–water partition coefficient (Wildman–Crippen LogP) is 7.93. The average Bonchev–Trinajstić information content (AvgIpc) is 2.86. The SMILES string of the molecule is O=C(OCc1ccccc1)N(Nc1ccc2ccc(Br)cc2c1)c1ccc2ccccc2c1. The molecule has 0 heterocycles. The highest BCUT2D eigenvalue weighted by Crippen LogP contribution is 2.27. The van der Waals surface area contributed by atoms with Crippen LogP contribution in [0.25, 0.3) is 21.5 Å². The molecule has 0 aliphatic heterocycles. The van der Waals surface area contributed by atoms with Gasteiger partial charge in [0.15, 0.2) is 0 Å². The number of ether oxygens (including phenoxy) is 1. The number of hydrogen-bond donors (Lipinski definition) is 1. The van der Waals surface area contributed by atoms with E-state index in [4.69, 9.17) is 4.74 Å². The van der Waals surface area contributed by atoms with E-state index >= 15 is 0 Å². The fourth-order valence-corrected chi connectivity index (χ4v) is 4.11. The molecular formula is C28H21BrN2O2. The Bertz CT molecular complexity index is 1440. The van der Waals surface area contributed by atoms with Gasteiger partial charge in [-0.15, -0.1) is 0 Å². The molecule has 0 bridgehead atoms. The number of nitrogens with zero attached hydrogens (tertiary/aromatic N) is 1. The second-order valence-corrected chi connectivity index (χ2v) is 8.64. The molecular weight excluding hydrogens is 476 g/mol. The topological polar surface area (TPSA) is 41.6 Å². The number of fused-ring (bicyclic) bond motifs is 2. The van der Waals surface area contributed by atoms with Gasteiger partial charge in [0.25, 0.3) is 0 Å². The summed E-state index contributed by atoms with van der Waals surface area (Å²) in [5.41, 5.74) is 5.66. The molecule has 0 fully saturated rings. The van der Waals surface area contributed by atoms with Gasteiger partial charge in [0, 0.05) is 4.47 Å². The molecule has 0 radical (unpaired) electrons. The zero-order chi connectivity index (χ0) is 22.6. The highest BCUT2D eigenvalue weighted by molar-refractivity contribution is 9.10. The number of carbonyl (C=O) groups is 1. The first kappa shape index (κ1) is 21.0. The summed E-state index contributed by atoms with van der Waals surface area (Å²) in [5.74, 6) is 0. The first-order chi connectivity index (χ1) is 16.2. The molecule has 33 heavy (non-hydrogen) atoms. The van der Waals surface area contributed by atoms with Crippen LogP contribution in [0.5, 0.6) is 0 Å². The lowest BCUT2D eigenvalue weighted by molar-refractivity contribution is 0.148. The molecule has 0 saturated heterocycles. The third-order valence-corrected chi connectivity index (χ3v) is 5.92. The van der Waals surface area contributed by atoms with E-state index in [9.17, 15) is 4.79 Å². The number of amides is 1. The summed E-state index contributed by atoms with van der Waals surface area (Å²) in [5, 5.41) is 5.78. The van der Waals surface area contributed by atoms with Crippen molar-refractivity contribution in [3.63, 3.8) is 0 Å². The summed E-state index contributed by atoms with van der Waals surface area (Å²) in [7, 11) is 0. The van der Waals surface area contributed by atoms with E-state index in [0.717, 1.165) is 37.3 Å². The van der Waals surface area contributed by atoms with Crippen molar-refractivity contribution < 1.29 is 9.53 Å². The van der Waals surface area contributed by atoms with Crippen molar-refractivity contribution in [2.24, 2.45) is 0 Å². The quantitative estimate of drug-likeness (QED) is 0.251. The summed E-state index contributed by atoms with van der Waals surface area (Å²) >= 11 is 3.53. The highest BCUT2D eigenvalue weighted by atomic mass is 79.9. The molecule has 1 amide bonds. The zero-order valence-corrected chi connectivity index (χ0v) is 19.3. The maximum absolute atomic E-state index is 13.2. The van der Waals surface area contributed by atoms with Crippen LogP contribution < -0.4 is 10.4 Å². The number of halogens is 1. The van der Waals surface area contributed by atoms with Crippen molar-refractivity contribution in [2.45, 2.75) is 6.61 Å². The molecule has 0 spiro atoms. The fourth-order valence-electron chi connectivity index (χ4n) is 3.73. The van der Waals surface area contributed by atoms with Gasteiger partial charge in [-0.1, -0.05) is 88.7 Å². The molecule has 1 N–H and O–H groups in total. The van der Waals surface area contributed by atoms with Gasteiger partial charge < -0.3 is 4.74 Å². The van der Waals surface area contributed by atoms with Crippen molar-refractivity contribution in [3.05, 3.63) is 119 Å². The number of rotatable bonds is 5. The third-order valence-electron chi connectivity index (χ3n) is 5.42. The Hall–Kier alpha value is -3.83. The number of hydrogen-bond acceptors (Lipinski definition) is 3. The maximum atomic E-state index is 13.2. The molecule has 0 saturated carbocycles. The van der Waals surface area contributed by atoms with Crippen LogP contribution in [0.2, 0.25) is 0 Å². The maximum Gasteiger partial charge on any atom is 0.433 e. The van der Waals surface area contributed by atoms with Crippen LogP contribution in [0, 0.1) is 0 Å². The third kappa shape index (κ3) is 4.83. The van der Waals surface area contributed by atoms with Crippen LogP contribution in [0.4, 0.5) is 16.2 Å². The van der Waals surface area contributed by atoms with Crippen molar-refractivity contribution in [3.8, 4) is 0 Å². The lowest BCUT2D eigenvalue weighted by atomic mass is 10.1. The molecule has 4 nitrogen and oxygen atoms in total. The minimum absolute atomic E-state index is 0.191. The van der Waals surface area contributed by atoms with Crippen LogP contribution in [-0.2, 0) is 11.3 Å². The van der Waals surface area contributed by atoms with Crippen LogP contribution in [0.1, 0.15) is 5.56 Å². The minimum atomic E-state index is -0.483. The normalized spacial score (nSPS) is 10.8. The van der Waals surface area contributed by atoms with Gasteiger partial charge in [-0.25, -0.2) is 4.79 Å². The number of nitrogens with one attached hydrogen (secondary N) is 1. The van der Waals surface area contributed by atoms with E-state index in [-0.39, 0.29) is 6.61 Å². The standard InChI is InChI=1S/C28H21BrN2O2/c29-25-13-10-22-11-14-26(17-24(22)16-25)30-31(28(32)33-19-20-6-2-1-3-7-20)27-15-12-21-8-4-5-9-23(21)18-27/h1-18,30H,19H2. The first-order valence-electron chi connectivity index (χ1n) is 10.6. The summed E-state index contributed by atoms with van der Waals surface area (Å²) < 4.78 is 6.65. The molecule has 162 valence electrons. The summed E-state index contributed by atoms with van der Waals surface area (Å²) in [6, 6.07) is 35.7. The molecule has 0 aliphatic carbocycles. The largest absolute Gasteiger partial charge is 0.443 e. The van der Waals surface area contributed by atoms with E-state index in [1.165, 1.54) is 5.01 Å². The molecule has 0 aliphatic rings. The first-order valence-corrected chi connectivity index (χ1v) is 11.4. The van der Waals surface area contributed by atoms with E-state index in [0.29, 0.717) is 5.69 Å². The van der Waals surface area contributed by atoms with Gasteiger partial charge in [-0.2, -0.15) is 5.01 Å². The van der Waals surface area contributed by atoms with Crippen molar-refractivity contribution in [1.82, 2.24) is 0 Å². The van der Waals surface area contributed by atoms with Crippen LogP contribution >= 0.6 is 15.9 Å².